The number of para-hydroxylation sites is 1. The van der Waals surface area contributed by atoms with Crippen LogP contribution < -0.4 is 11.1 Å². The zero-order valence-electron chi connectivity index (χ0n) is 9.60. The molecule has 0 aliphatic carbocycles. The second kappa shape index (κ2) is 5.63. The van der Waals surface area contributed by atoms with E-state index in [9.17, 15) is 4.79 Å². The SMILES string of the molecule is CC(C)[C@@H](N)C(=O)Nc1ccccc1CO. The Labute approximate surface area is 95.5 Å². The van der Waals surface area contributed by atoms with E-state index < -0.39 is 6.04 Å². The fourth-order valence-corrected chi connectivity index (χ4v) is 1.30. The fourth-order valence-electron chi connectivity index (χ4n) is 1.30. The van der Waals surface area contributed by atoms with Gasteiger partial charge in [-0.05, 0) is 12.0 Å². The highest BCUT2D eigenvalue weighted by Crippen LogP contribution is 2.15. The summed E-state index contributed by atoms with van der Waals surface area (Å²) in [7, 11) is 0. The van der Waals surface area contributed by atoms with E-state index >= 15 is 0 Å². The molecule has 0 saturated carbocycles. The van der Waals surface area contributed by atoms with Gasteiger partial charge in [0.05, 0.1) is 12.6 Å². The number of anilines is 1. The Hall–Kier alpha value is -1.39. The van der Waals surface area contributed by atoms with Gasteiger partial charge in [-0.2, -0.15) is 0 Å². The second-order valence-corrected chi connectivity index (χ2v) is 4.07. The molecule has 88 valence electrons. The van der Waals surface area contributed by atoms with Gasteiger partial charge in [0.25, 0.3) is 0 Å². The molecule has 4 heteroatoms. The Bertz CT molecular complexity index is 364. The van der Waals surface area contributed by atoms with Crippen LogP contribution in [0.5, 0.6) is 0 Å². The maximum absolute atomic E-state index is 11.7. The first-order chi connectivity index (χ1) is 7.56. The molecule has 1 aromatic carbocycles. The number of rotatable bonds is 4. The molecule has 0 bridgehead atoms. The lowest BCUT2D eigenvalue weighted by molar-refractivity contribution is -0.118. The van der Waals surface area contributed by atoms with Gasteiger partial charge in [0.1, 0.15) is 0 Å². The van der Waals surface area contributed by atoms with E-state index in [0.29, 0.717) is 11.3 Å². The van der Waals surface area contributed by atoms with E-state index in [4.69, 9.17) is 10.8 Å². The van der Waals surface area contributed by atoms with Crippen LogP contribution in [0.15, 0.2) is 24.3 Å². The van der Waals surface area contributed by atoms with Gasteiger partial charge in [0.2, 0.25) is 5.91 Å². The molecule has 16 heavy (non-hydrogen) atoms. The molecule has 1 rings (SSSR count). The van der Waals surface area contributed by atoms with Crippen LogP contribution in [0.2, 0.25) is 0 Å². The molecule has 0 heterocycles. The Morgan fingerprint density at radius 1 is 1.44 bits per heavy atom. The lowest BCUT2D eigenvalue weighted by atomic mass is 10.0. The lowest BCUT2D eigenvalue weighted by Gasteiger charge is -2.16. The monoisotopic (exact) mass is 222 g/mol. The van der Waals surface area contributed by atoms with Crippen LogP contribution in [0, 0.1) is 5.92 Å². The summed E-state index contributed by atoms with van der Waals surface area (Å²) in [6, 6.07) is 6.58. The minimum absolute atomic E-state index is 0.0845. The number of benzene rings is 1. The van der Waals surface area contributed by atoms with Gasteiger partial charge in [0, 0.05) is 11.3 Å². The predicted molar refractivity (Wildman–Crippen MR) is 63.8 cm³/mol. The summed E-state index contributed by atoms with van der Waals surface area (Å²) in [5.74, 6) is -0.141. The quantitative estimate of drug-likeness (QED) is 0.714. The maximum atomic E-state index is 11.7. The number of hydrogen-bond acceptors (Lipinski definition) is 3. The van der Waals surface area contributed by atoms with Crippen LogP contribution in [0.3, 0.4) is 0 Å². The summed E-state index contributed by atoms with van der Waals surface area (Å²) in [5, 5.41) is 11.8. The molecule has 0 aromatic heterocycles. The van der Waals surface area contributed by atoms with Crippen molar-refractivity contribution in [1.82, 2.24) is 0 Å². The molecular formula is C12H18N2O2. The summed E-state index contributed by atoms with van der Waals surface area (Å²) < 4.78 is 0. The van der Waals surface area contributed by atoms with Crippen molar-refractivity contribution >= 4 is 11.6 Å². The van der Waals surface area contributed by atoms with Gasteiger partial charge in [-0.15, -0.1) is 0 Å². The number of aliphatic hydroxyl groups excluding tert-OH is 1. The van der Waals surface area contributed by atoms with Crippen LogP contribution in [-0.2, 0) is 11.4 Å². The molecule has 1 amide bonds. The summed E-state index contributed by atoms with van der Waals surface area (Å²) >= 11 is 0. The van der Waals surface area contributed by atoms with Crippen molar-refractivity contribution < 1.29 is 9.90 Å². The van der Waals surface area contributed by atoms with E-state index in [0.717, 1.165) is 0 Å². The topological polar surface area (TPSA) is 75.4 Å². The molecule has 0 aliphatic heterocycles. The zero-order chi connectivity index (χ0) is 12.1. The van der Waals surface area contributed by atoms with E-state index in [2.05, 4.69) is 5.32 Å². The fraction of sp³-hybridized carbons (Fsp3) is 0.417. The number of carbonyl (C=O) groups excluding carboxylic acids is 1. The first-order valence-corrected chi connectivity index (χ1v) is 5.31. The summed E-state index contributed by atoms with van der Waals surface area (Å²) in [4.78, 5) is 11.7. The second-order valence-electron chi connectivity index (χ2n) is 4.07. The zero-order valence-corrected chi connectivity index (χ0v) is 9.60. The third-order valence-electron chi connectivity index (χ3n) is 2.47. The van der Waals surface area contributed by atoms with E-state index in [1.807, 2.05) is 19.9 Å². The minimum Gasteiger partial charge on any atom is -0.392 e. The van der Waals surface area contributed by atoms with E-state index in [1.165, 1.54) is 0 Å². The van der Waals surface area contributed by atoms with Crippen LogP contribution in [-0.4, -0.2) is 17.1 Å². The van der Waals surface area contributed by atoms with Gasteiger partial charge in [0.15, 0.2) is 0 Å². The molecule has 0 spiro atoms. The van der Waals surface area contributed by atoms with Crippen molar-refractivity contribution in [3.8, 4) is 0 Å². The minimum atomic E-state index is -0.535. The van der Waals surface area contributed by atoms with Crippen LogP contribution in [0.1, 0.15) is 19.4 Å². The Kier molecular flexibility index (Phi) is 4.46. The van der Waals surface area contributed by atoms with Crippen molar-refractivity contribution in [2.45, 2.75) is 26.5 Å². The summed E-state index contributed by atoms with van der Waals surface area (Å²) in [6.45, 7) is 3.68. The van der Waals surface area contributed by atoms with Crippen molar-refractivity contribution in [2.24, 2.45) is 11.7 Å². The highest BCUT2D eigenvalue weighted by atomic mass is 16.3. The normalized spacial score (nSPS) is 12.6. The molecule has 4 N–H and O–H groups in total. The molecule has 4 nitrogen and oxygen atoms in total. The largest absolute Gasteiger partial charge is 0.392 e. The number of nitrogens with two attached hydrogens (primary N) is 1. The first-order valence-electron chi connectivity index (χ1n) is 5.31. The summed E-state index contributed by atoms with van der Waals surface area (Å²) in [6.07, 6.45) is 0. The first kappa shape index (κ1) is 12.7. The number of hydrogen-bond donors (Lipinski definition) is 3. The van der Waals surface area contributed by atoms with E-state index in [-0.39, 0.29) is 18.4 Å². The Balaban J connectivity index is 2.76. The van der Waals surface area contributed by atoms with Crippen LogP contribution in [0.4, 0.5) is 5.69 Å². The highest BCUT2D eigenvalue weighted by Gasteiger charge is 2.17. The van der Waals surface area contributed by atoms with Crippen LogP contribution in [0.25, 0.3) is 0 Å². The smallest absolute Gasteiger partial charge is 0.241 e. The summed E-state index contributed by atoms with van der Waals surface area (Å²) in [5.41, 5.74) is 7.03. The molecule has 0 radical (unpaired) electrons. The van der Waals surface area contributed by atoms with Gasteiger partial charge in [-0.3, -0.25) is 4.79 Å². The molecule has 0 saturated heterocycles. The van der Waals surface area contributed by atoms with E-state index in [1.54, 1.807) is 18.2 Å². The Morgan fingerprint density at radius 2 is 2.06 bits per heavy atom. The number of aliphatic hydroxyl groups is 1. The maximum Gasteiger partial charge on any atom is 0.241 e. The third kappa shape index (κ3) is 3.05. The molecule has 0 fully saturated rings. The van der Waals surface area contributed by atoms with Crippen molar-refractivity contribution in [3.63, 3.8) is 0 Å². The number of nitrogens with one attached hydrogen (secondary N) is 1. The van der Waals surface area contributed by atoms with Crippen molar-refractivity contribution in [1.29, 1.82) is 0 Å². The van der Waals surface area contributed by atoms with Gasteiger partial charge in [-0.25, -0.2) is 0 Å². The van der Waals surface area contributed by atoms with Gasteiger partial charge >= 0.3 is 0 Å². The lowest BCUT2D eigenvalue weighted by Crippen LogP contribution is -2.39. The van der Waals surface area contributed by atoms with Crippen molar-refractivity contribution in [2.75, 3.05) is 5.32 Å². The van der Waals surface area contributed by atoms with Crippen LogP contribution >= 0.6 is 0 Å². The molecule has 0 unspecified atom stereocenters. The molecule has 0 aliphatic rings. The Morgan fingerprint density at radius 3 is 2.62 bits per heavy atom. The van der Waals surface area contributed by atoms with Gasteiger partial charge < -0.3 is 16.2 Å². The predicted octanol–water partition coefficient (Wildman–Crippen LogP) is 1.10. The average Bonchev–Trinajstić information content (AvgIpc) is 2.28. The molecule has 1 aromatic rings. The number of carbonyl (C=O) groups is 1. The molecule has 1 atom stereocenters. The van der Waals surface area contributed by atoms with Crippen molar-refractivity contribution in [3.05, 3.63) is 29.8 Å². The average molecular weight is 222 g/mol. The van der Waals surface area contributed by atoms with Gasteiger partial charge in [-0.1, -0.05) is 32.0 Å². The standard InChI is InChI=1S/C12H18N2O2/c1-8(2)11(13)12(16)14-10-6-4-3-5-9(10)7-15/h3-6,8,11,15H,7,13H2,1-2H3,(H,14,16)/t11-/m1/s1. The number of amides is 1. The highest BCUT2D eigenvalue weighted by molar-refractivity contribution is 5.95. The molecular weight excluding hydrogens is 204 g/mol. The third-order valence-corrected chi connectivity index (χ3v) is 2.47.